The molecule has 0 atom stereocenters. The number of nitrogens with zero attached hydrogens (tertiary/aromatic N) is 4. The van der Waals surface area contributed by atoms with Crippen LogP contribution in [0.15, 0.2) is 24.7 Å². The number of ether oxygens (including phenoxy) is 1. The Balaban J connectivity index is 1.83. The minimum atomic E-state index is 0.361. The largest absolute Gasteiger partial charge is 0.382 e. The van der Waals surface area contributed by atoms with E-state index in [0.717, 1.165) is 60.6 Å². The van der Waals surface area contributed by atoms with Crippen LogP contribution in [0.4, 0.5) is 11.6 Å². The Labute approximate surface area is 152 Å². The zero-order valence-electron chi connectivity index (χ0n) is 15.2. The predicted octanol–water partition coefficient (Wildman–Crippen LogP) is 2.77. The third-order valence-electron chi connectivity index (χ3n) is 4.84. The van der Waals surface area contributed by atoms with Crippen molar-refractivity contribution in [2.45, 2.75) is 32.2 Å². The highest BCUT2D eigenvalue weighted by Gasteiger charge is 2.19. The first kappa shape index (κ1) is 16.8. The number of rotatable bonds is 4. The lowest BCUT2D eigenvalue weighted by Crippen LogP contribution is -2.29. The van der Waals surface area contributed by atoms with Crippen LogP contribution in [-0.2, 0) is 18.2 Å². The van der Waals surface area contributed by atoms with Crippen LogP contribution in [0.5, 0.6) is 0 Å². The SMILES string of the molecule is CCc1nc2c(N)ncc(-c3ccn(C)c3)c2nc1NC1CCOCC1. The molecule has 0 spiro atoms. The van der Waals surface area contributed by atoms with Crippen LogP contribution in [0, 0.1) is 0 Å². The van der Waals surface area contributed by atoms with Gasteiger partial charge in [0.15, 0.2) is 5.82 Å². The molecule has 0 saturated carbocycles. The molecule has 0 bridgehead atoms. The molecule has 0 amide bonds. The number of hydrogen-bond donors (Lipinski definition) is 2. The van der Waals surface area contributed by atoms with Crippen LogP contribution in [0.3, 0.4) is 0 Å². The highest BCUT2D eigenvalue weighted by molar-refractivity contribution is 5.96. The molecular weight excluding hydrogens is 328 g/mol. The van der Waals surface area contributed by atoms with Crippen molar-refractivity contribution in [1.82, 2.24) is 19.5 Å². The molecule has 0 aromatic carbocycles. The first-order valence-electron chi connectivity index (χ1n) is 9.07. The lowest BCUT2D eigenvalue weighted by atomic mass is 10.1. The monoisotopic (exact) mass is 352 g/mol. The van der Waals surface area contributed by atoms with Crippen molar-refractivity contribution in [2.75, 3.05) is 24.3 Å². The molecule has 3 aromatic heterocycles. The van der Waals surface area contributed by atoms with Crippen LogP contribution in [0.2, 0.25) is 0 Å². The second-order valence-corrected chi connectivity index (χ2v) is 6.72. The summed E-state index contributed by atoms with van der Waals surface area (Å²) in [6.07, 6.45) is 8.58. The highest BCUT2D eigenvalue weighted by atomic mass is 16.5. The molecule has 3 aromatic rings. The molecule has 4 rings (SSSR count). The quantitative estimate of drug-likeness (QED) is 0.750. The summed E-state index contributed by atoms with van der Waals surface area (Å²) in [6, 6.07) is 2.41. The lowest BCUT2D eigenvalue weighted by Gasteiger charge is -2.24. The van der Waals surface area contributed by atoms with Crippen LogP contribution in [-0.4, -0.2) is 38.8 Å². The lowest BCUT2D eigenvalue weighted by molar-refractivity contribution is 0.0903. The number of aryl methyl sites for hydroxylation is 2. The van der Waals surface area contributed by atoms with E-state index in [9.17, 15) is 0 Å². The Morgan fingerprint density at radius 3 is 2.77 bits per heavy atom. The van der Waals surface area contributed by atoms with Gasteiger partial charge in [0, 0.05) is 56.0 Å². The van der Waals surface area contributed by atoms with E-state index in [0.29, 0.717) is 17.4 Å². The maximum absolute atomic E-state index is 6.11. The molecule has 1 aliphatic rings. The number of nitrogens with one attached hydrogen (secondary N) is 1. The standard InChI is InChI=1S/C19H24N6O/c1-3-15-19(22-13-5-8-26-9-6-13)24-16-14(12-4-7-25(2)11-12)10-21-18(20)17(16)23-15/h4,7,10-11,13H,3,5-6,8-9H2,1-2H3,(H2,20,21)(H,22,24). The van der Waals surface area contributed by atoms with Gasteiger partial charge < -0.3 is 20.4 Å². The van der Waals surface area contributed by atoms with Gasteiger partial charge in [-0.15, -0.1) is 0 Å². The summed E-state index contributed by atoms with van der Waals surface area (Å²) < 4.78 is 7.46. The summed E-state index contributed by atoms with van der Waals surface area (Å²) in [7, 11) is 2.00. The van der Waals surface area contributed by atoms with Gasteiger partial charge in [-0.05, 0) is 25.3 Å². The normalized spacial score (nSPS) is 15.5. The maximum atomic E-state index is 6.11. The van der Waals surface area contributed by atoms with Crippen molar-refractivity contribution in [2.24, 2.45) is 7.05 Å². The number of anilines is 2. The average molecular weight is 352 g/mol. The van der Waals surface area contributed by atoms with Gasteiger partial charge in [0.2, 0.25) is 0 Å². The Hall–Kier alpha value is -2.67. The Kier molecular flexibility index (Phi) is 4.46. The van der Waals surface area contributed by atoms with Crippen molar-refractivity contribution in [3.8, 4) is 11.1 Å². The van der Waals surface area contributed by atoms with Gasteiger partial charge in [-0.1, -0.05) is 6.92 Å². The summed E-state index contributed by atoms with van der Waals surface area (Å²) in [5.74, 6) is 1.26. The zero-order chi connectivity index (χ0) is 18.1. The van der Waals surface area contributed by atoms with Crippen LogP contribution in [0.25, 0.3) is 22.2 Å². The van der Waals surface area contributed by atoms with Gasteiger partial charge in [0.05, 0.1) is 5.69 Å². The molecule has 4 heterocycles. The summed E-state index contributed by atoms with van der Waals surface area (Å²) in [5.41, 5.74) is 10.5. The molecule has 1 saturated heterocycles. The Morgan fingerprint density at radius 1 is 1.27 bits per heavy atom. The predicted molar refractivity (Wildman–Crippen MR) is 103 cm³/mol. The number of hydrogen-bond acceptors (Lipinski definition) is 6. The van der Waals surface area contributed by atoms with Gasteiger partial charge in [0.25, 0.3) is 0 Å². The molecular formula is C19H24N6O. The second kappa shape index (κ2) is 6.92. The van der Waals surface area contributed by atoms with E-state index in [1.165, 1.54) is 0 Å². The molecule has 3 N–H and O–H groups in total. The topological polar surface area (TPSA) is 90.9 Å². The van der Waals surface area contributed by atoms with Gasteiger partial charge in [-0.25, -0.2) is 15.0 Å². The van der Waals surface area contributed by atoms with Crippen molar-refractivity contribution in [3.05, 3.63) is 30.4 Å². The molecule has 0 unspecified atom stereocenters. The van der Waals surface area contributed by atoms with Crippen molar-refractivity contribution in [3.63, 3.8) is 0 Å². The summed E-state index contributed by atoms with van der Waals surface area (Å²) in [6.45, 7) is 3.65. The summed E-state index contributed by atoms with van der Waals surface area (Å²) in [5, 5.41) is 3.58. The number of fused-ring (bicyclic) bond motifs is 1. The molecule has 7 heteroatoms. The first-order valence-corrected chi connectivity index (χ1v) is 9.07. The third kappa shape index (κ3) is 3.10. The third-order valence-corrected chi connectivity index (χ3v) is 4.84. The highest BCUT2D eigenvalue weighted by Crippen LogP contribution is 2.31. The van der Waals surface area contributed by atoms with Gasteiger partial charge in [-0.2, -0.15) is 0 Å². The number of nitrogen functional groups attached to an aromatic ring is 1. The van der Waals surface area contributed by atoms with E-state index in [1.807, 2.05) is 30.1 Å². The minimum absolute atomic E-state index is 0.361. The van der Waals surface area contributed by atoms with Crippen molar-refractivity contribution in [1.29, 1.82) is 0 Å². The Morgan fingerprint density at radius 2 is 2.08 bits per heavy atom. The number of pyridine rings is 1. The summed E-state index contributed by atoms with van der Waals surface area (Å²) in [4.78, 5) is 14.1. The molecule has 0 radical (unpaired) electrons. The van der Waals surface area contributed by atoms with E-state index >= 15 is 0 Å². The van der Waals surface area contributed by atoms with Gasteiger partial charge in [0.1, 0.15) is 16.9 Å². The van der Waals surface area contributed by atoms with Crippen molar-refractivity contribution < 1.29 is 4.74 Å². The molecule has 136 valence electrons. The van der Waals surface area contributed by atoms with E-state index < -0.39 is 0 Å². The fourth-order valence-corrected chi connectivity index (χ4v) is 3.36. The van der Waals surface area contributed by atoms with Gasteiger partial charge >= 0.3 is 0 Å². The van der Waals surface area contributed by atoms with E-state index in [2.05, 4.69) is 17.2 Å². The van der Waals surface area contributed by atoms with Crippen LogP contribution >= 0.6 is 0 Å². The zero-order valence-corrected chi connectivity index (χ0v) is 15.2. The first-order chi connectivity index (χ1) is 12.7. The second-order valence-electron chi connectivity index (χ2n) is 6.72. The van der Waals surface area contributed by atoms with E-state index in [1.54, 1.807) is 6.20 Å². The fraction of sp³-hybridized carbons (Fsp3) is 0.421. The molecule has 0 aliphatic carbocycles. The molecule has 26 heavy (non-hydrogen) atoms. The number of nitrogens with two attached hydrogens (primary N) is 1. The average Bonchev–Trinajstić information content (AvgIpc) is 3.09. The Bertz CT molecular complexity index is 929. The van der Waals surface area contributed by atoms with Crippen LogP contribution in [0.1, 0.15) is 25.5 Å². The minimum Gasteiger partial charge on any atom is -0.382 e. The summed E-state index contributed by atoms with van der Waals surface area (Å²) >= 11 is 0. The van der Waals surface area contributed by atoms with E-state index in [4.69, 9.17) is 20.4 Å². The van der Waals surface area contributed by atoms with Crippen molar-refractivity contribution >= 4 is 22.7 Å². The van der Waals surface area contributed by atoms with Crippen LogP contribution < -0.4 is 11.1 Å². The van der Waals surface area contributed by atoms with Gasteiger partial charge in [-0.3, -0.25) is 0 Å². The molecule has 1 fully saturated rings. The molecule has 7 nitrogen and oxygen atoms in total. The number of aromatic nitrogens is 4. The maximum Gasteiger partial charge on any atom is 0.151 e. The smallest absolute Gasteiger partial charge is 0.151 e. The fourth-order valence-electron chi connectivity index (χ4n) is 3.36. The van der Waals surface area contributed by atoms with E-state index in [-0.39, 0.29) is 0 Å². The molecule has 1 aliphatic heterocycles.